The molecule has 2 amide bonds. The summed E-state index contributed by atoms with van der Waals surface area (Å²) in [6.07, 6.45) is 4.77. The molecule has 1 fully saturated rings. The maximum absolute atomic E-state index is 12.7. The minimum absolute atomic E-state index is 0.0511. The van der Waals surface area contributed by atoms with Crippen LogP contribution in [0.15, 0.2) is 30.3 Å². The van der Waals surface area contributed by atoms with Gasteiger partial charge in [-0.1, -0.05) is 49.6 Å². The second-order valence-corrected chi connectivity index (χ2v) is 6.95. The number of alkyl carbamates (subject to hydrolysis) is 1. The molecule has 2 N–H and O–H groups in total. The number of amides is 2. The van der Waals surface area contributed by atoms with Crippen LogP contribution in [0.3, 0.4) is 0 Å². The highest BCUT2D eigenvalue weighted by Gasteiger charge is 2.25. The first-order valence-corrected chi connectivity index (χ1v) is 10.0. The number of nitrogens with one attached hydrogen (secondary N) is 2. The molecule has 7 nitrogen and oxygen atoms in total. The minimum Gasteiger partial charge on any atom is -0.466 e. The summed E-state index contributed by atoms with van der Waals surface area (Å²) in [6.45, 7) is 2.12. The number of esters is 1. The fourth-order valence-corrected chi connectivity index (χ4v) is 3.22. The van der Waals surface area contributed by atoms with Crippen molar-refractivity contribution in [3.8, 4) is 0 Å². The van der Waals surface area contributed by atoms with E-state index in [-0.39, 0.29) is 38.0 Å². The van der Waals surface area contributed by atoms with Gasteiger partial charge in [-0.3, -0.25) is 9.59 Å². The van der Waals surface area contributed by atoms with Crippen molar-refractivity contribution in [1.82, 2.24) is 10.6 Å². The number of hydrogen-bond donors (Lipinski definition) is 2. The van der Waals surface area contributed by atoms with Crippen molar-refractivity contribution in [2.24, 2.45) is 0 Å². The Kier molecular flexibility index (Phi) is 9.31. The molecule has 154 valence electrons. The Morgan fingerprint density at radius 2 is 1.79 bits per heavy atom. The third-order valence-electron chi connectivity index (χ3n) is 4.72. The summed E-state index contributed by atoms with van der Waals surface area (Å²) in [5.74, 6) is -0.676. The van der Waals surface area contributed by atoms with Crippen LogP contribution in [0.25, 0.3) is 0 Å². The quantitative estimate of drug-likeness (QED) is 0.632. The molecule has 0 radical (unpaired) electrons. The van der Waals surface area contributed by atoms with Crippen molar-refractivity contribution >= 4 is 18.0 Å². The molecule has 1 unspecified atom stereocenters. The van der Waals surface area contributed by atoms with Crippen LogP contribution in [0, 0.1) is 0 Å². The first-order chi connectivity index (χ1) is 13.6. The average molecular weight is 390 g/mol. The maximum atomic E-state index is 12.7. The fourth-order valence-electron chi connectivity index (χ4n) is 3.22. The van der Waals surface area contributed by atoms with Crippen LogP contribution in [-0.2, 0) is 25.7 Å². The summed E-state index contributed by atoms with van der Waals surface area (Å²) < 4.78 is 10.1. The summed E-state index contributed by atoms with van der Waals surface area (Å²) in [7, 11) is 0. The number of hydrogen-bond acceptors (Lipinski definition) is 5. The van der Waals surface area contributed by atoms with Gasteiger partial charge in [0.05, 0.1) is 6.61 Å². The first-order valence-electron chi connectivity index (χ1n) is 10.0. The minimum atomic E-state index is -0.838. The second kappa shape index (κ2) is 12.0. The topological polar surface area (TPSA) is 93.7 Å². The predicted octanol–water partition coefficient (Wildman–Crippen LogP) is 3.07. The van der Waals surface area contributed by atoms with E-state index in [0.29, 0.717) is 0 Å². The van der Waals surface area contributed by atoms with Gasteiger partial charge in [-0.2, -0.15) is 0 Å². The number of carbonyl (C=O) groups is 3. The van der Waals surface area contributed by atoms with E-state index in [0.717, 1.165) is 31.2 Å². The van der Waals surface area contributed by atoms with Gasteiger partial charge < -0.3 is 20.1 Å². The van der Waals surface area contributed by atoms with Gasteiger partial charge in [0.1, 0.15) is 12.6 Å². The zero-order valence-corrected chi connectivity index (χ0v) is 16.4. The van der Waals surface area contributed by atoms with Crippen molar-refractivity contribution < 1.29 is 23.9 Å². The van der Waals surface area contributed by atoms with Gasteiger partial charge in [0.2, 0.25) is 5.91 Å². The van der Waals surface area contributed by atoms with Gasteiger partial charge in [0.15, 0.2) is 0 Å². The molecule has 1 aromatic carbocycles. The number of ether oxygens (including phenoxy) is 2. The van der Waals surface area contributed by atoms with Crippen LogP contribution in [0.4, 0.5) is 4.79 Å². The molecule has 1 atom stereocenters. The molecule has 1 aliphatic carbocycles. The molecular formula is C21H30N2O5. The van der Waals surface area contributed by atoms with Gasteiger partial charge in [-0.05, 0) is 31.7 Å². The molecule has 0 bridgehead atoms. The normalized spacial score (nSPS) is 15.3. The molecular weight excluding hydrogens is 360 g/mol. The van der Waals surface area contributed by atoms with Crippen LogP contribution in [0.1, 0.15) is 57.4 Å². The van der Waals surface area contributed by atoms with Crippen molar-refractivity contribution in [3.05, 3.63) is 35.9 Å². The monoisotopic (exact) mass is 390 g/mol. The van der Waals surface area contributed by atoms with Crippen LogP contribution in [0.5, 0.6) is 0 Å². The van der Waals surface area contributed by atoms with Crippen molar-refractivity contribution in [3.63, 3.8) is 0 Å². The fraction of sp³-hybridized carbons (Fsp3) is 0.571. The van der Waals surface area contributed by atoms with Crippen LogP contribution < -0.4 is 10.6 Å². The Labute approximate surface area is 166 Å². The lowest BCUT2D eigenvalue weighted by atomic mass is 9.95. The third kappa shape index (κ3) is 7.98. The Bertz CT molecular complexity index is 629. The molecule has 0 aromatic heterocycles. The predicted molar refractivity (Wildman–Crippen MR) is 104 cm³/mol. The van der Waals surface area contributed by atoms with E-state index in [1.165, 1.54) is 6.42 Å². The Balaban J connectivity index is 1.88. The third-order valence-corrected chi connectivity index (χ3v) is 4.72. The maximum Gasteiger partial charge on any atom is 0.408 e. The zero-order chi connectivity index (χ0) is 20.2. The van der Waals surface area contributed by atoms with Crippen LogP contribution in [-0.4, -0.2) is 36.7 Å². The molecule has 1 saturated carbocycles. The summed E-state index contributed by atoms with van der Waals surface area (Å²) >= 11 is 0. The molecule has 1 aliphatic rings. The molecule has 0 spiro atoms. The van der Waals surface area contributed by atoms with Gasteiger partial charge >= 0.3 is 12.1 Å². The Morgan fingerprint density at radius 3 is 2.46 bits per heavy atom. The van der Waals surface area contributed by atoms with Crippen molar-refractivity contribution in [2.75, 3.05) is 6.61 Å². The molecule has 0 aliphatic heterocycles. The van der Waals surface area contributed by atoms with Crippen LogP contribution >= 0.6 is 0 Å². The number of benzene rings is 1. The summed E-state index contributed by atoms with van der Waals surface area (Å²) in [5, 5.41) is 5.59. The summed E-state index contributed by atoms with van der Waals surface area (Å²) in [6, 6.07) is 8.57. The first kappa shape index (κ1) is 21.7. The van der Waals surface area contributed by atoms with Gasteiger partial charge in [0, 0.05) is 12.5 Å². The standard InChI is InChI=1S/C21H30N2O5/c1-2-27-19(24)14-13-18(20(25)22-17-11-7-4-8-12-17)23-21(26)28-15-16-9-5-3-6-10-16/h3,5-6,9-10,17-18H,2,4,7-8,11-15H2,1H3,(H,22,25)(H,23,26). The molecule has 0 saturated heterocycles. The summed E-state index contributed by atoms with van der Waals surface area (Å²) in [5.41, 5.74) is 0.854. The van der Waals surface area contributed by atoms with Crippen molar-refractivity contribution in [1.29, 1.82) is 0 Å². The van der Waals surface area contributed by atoms with E-state index in [1.807, 2.05) is 30.3 Å². The van der Waals surface area contributed by atoms with Gasteiger partial charge in [-0.25, -0.2) is 4.79 Å². The molecule has 1 aromatic rings. The van der Waals surface area contributed by atoms with Gasteiger partial charge in [0.25, 0.3) is 0 Å². The van der Waals surface area contributed by atoms with E-state index in [2.05, 4.69) is 10.6 Å². The van der Waals surface area contributed by atoms with E-state index in [4.69, 9.17) is 9.47 Å². The number of carbonyl (C=O) groups excluding carboxylic acids is 3. The molecule has 28 heavy (non-hydrogen) atoms. The smallest absolute Gasteiger partial charge is 0.408 e. The lowest BCUT2D eigenvalue weighted by Crippen LogP contribution is -2.50. The lowest BCUT2D eigenvalue weighted by molar-refractivity contribution is -0.143. The second-order valence-electron chi connectivity index (χ2n) is 6.95. The highest BCUT2D eigenvalue weighted by molar-refractivity contribution is 5.86. The highest BCUT2D eigenvalue weighted by Crippen LogP contribution is 2.17. The Hall–Kier alpha value is -2.57. The zero-order valence-electron chi connectivity index (χ0n) is 16.4. The Morgan fingerprint density at radius 1 is 1.07 bits per heavy atom. The van der Waals surface area contributed by atoms with E-state index in [1.54, 1.807) is 6.92 Å². The summed E-state index contributed by atoms with van der Waals surface area (Å²) in [4.78, 5) is 36.5. The lowest BCUT2D eigenvalue weighted by Gasteiger charge is -2.25. The van der Waals surface area contributed by atoms with Gasteiger partial charge in [-0.15, -0.1) is 0 Å². The average Bonchev–Trinajstić information content (AvgIpc) is 2.71. The van der Waals surface area contributed by atoms with E-state index in [9.17, 15) is 14.4 Å². The SMILES string of the molecule is CCOC(=O)CCC(NC(=O)OCc1ccccc1)C(=O)NC1CCCCC1. The van der Waals surface area contributed by atoms with E-state index < -0.39 is 18.1 Å². The number of rotatable bonds is 9. The highest BCUT2D eigenvalue weighted by atomic mass is 16.5. The molecule has 7 heteroatoms. The molecule has 0 heterocycles. The van der Waals surface area contributed by atoms with Crippen LogP contribution in [0.2, 0.25) is 0 Å². The van der Waals surface area contributed by atoms with E-state index >= 15 is 0 Å². The largest absolute Gasteiger partial charge is 0.466 e. The van der Waals surface area contributed by atoms with Crippen molar-refractivity contribution in [2.45, 2.75) is 70.6 Å². The molecule has 2 rings (SSSR count).